The Labute approximate surface area is 118 Å². The number of nitrogens with zero attached hydrogens (tertiary/aromatic N) is 3. The number of aryl methyl sites for hydroxylation is 2. The van der Waals surface area contributed by atoms with Crippen LogP contribution in [0.3, 0.4) is 0 Å². The van der Waals surface area contributed by atoms with E-state index in [2.05, 4.69) is 47.3 Å². The average Bonchev–Trinajstić information content (AvgIpc) is 2.46. The van der Waals surface area contributed by atoms with Gasteiger partial charge in [-0.1, -0.05) is 32.0 Å². The highest BCUT2D eigenvalue weighted by atomic mass is 32.1. The molecule has 0 spiro atoms. The predicted octanol–water partition coefficient (Wildman–Crippen LogP) is 3.16. The molecule has 0 amide bonds. The zero-order chi connectivity index (χ0) is 13.8. The first-order valence-electron chi connectivity index (χ1n) is 6.45. The number of hydrogen-bond acceptors (Lipinski definition) is 4. The van der Waals surface area contributed by atoms with Gasteiger partial charge in [0.1, 0.15) is 6.33 Å². The minimum Gasteiger partial charge on any atom is -0.357 e. The van der Waals surface area contributed by atoms with Gasteiger partial charge in [0.05, 0.1) is 5.69 Å². The van der Waals surface area contributed by atoms with Crippen LogP contribution in [0.4, 0.5) is 5.95 Å². The van der Waals surface area contributed by atoms with Gasteiger partial charge in [-0.15, -0.1) is 0 Å². The van der Waals surface area contributed by atoms with Crippen molar-refractivity contribution in [2.24, 2.45) is 0 Å². The Morgan fingerprint density at radius 1 is 1.21 bits per heavy atom. The van der Waals surface area contributed by atoms with Crippen LogP contribution < -0.4 is 5.32 Å². The highest BCUT2D eigenvalue weighted by molar-refractivity contribution is 7.71. The lowest BCUT2D eigenvalue weighted by atomic mass is 10.0. The van der Waals surface area contributed by atoms with Crippen LogP contribution in [0.5, 0.6) is 0 Å². The maximum Gasteiger partial charge on any atom is 0.226 e. The Kier molecular flexibility index (Phi) is 4.27. The molecule has 0 unspecified atom stereocenters. The quantitative estimate of drug-likeness (QED) is 0.870. The van der Waals surface area contributed by atoms with Crippen LogP contribution in [0.2, 0.25) is 0 Å². The third kappa shape index (κ3) is 2.66. The molecule has 100 valence electrons. The zero-order valence-electron chi connectivity index (χ0n) is 11.5. The zero-order valence-corrected chi connectivity index (χ0v) is 12.3. The largest absolute Gasteiger partial charge is 0.357 e. The van der Waals surface area contributed by atoms with Crippen molar-refractivity contribution < 1.29 is 0 Å². The number of aromatic nitrogens is 3. The highest BCUT2D eigenvalue weighted by Crippen LogP contribution is 2.21. The van der Waals surface area contributed by atoms with Crippen molar-refractivity contribution in [3.8, 4) is 5.69 Å². The average molecular weight is 274 g/mol. The van der Waals surface area contributed by atoms with E-state index in [0.29, 0.717) is 10.7 Å². The van der Waals surface area contributed by atoms with Crippen molar-refractivity contribution >= 4 is 18.2 Å². The second-order valence-corrected chi connectivity index (χ2v) is 4.58. The summed E-state index contributed by atoms with van der Waals surface area (Å²) in [7, 11) is 1.78. The van der Waals surface area contributed by atoms with E-state index >= 15 is 0 Å². The normalized spacial score (nSPS) is 10.5. The Bertz CT molecular complexity index is 611. The molecule has 0 aliphatic heterocycles. The number of nitrogens with one attached hydrogen (secondary N) is 1. The van der Waals surface area contributed by atoms with Gasteiger partial charge in [0.25, 0.3) is 0 Å². The fourth-order valence-electron chi connectivity index (χ4n) is 2.13. The van der Waals surface area contributed by atoms with Gasteiger partial charge in [0, 0.05) is 7.05 Å². The lowest BCUT2D eigenvalue weighted by molar-refractivity contribution is 0.865. The number of para-hydroxylation sites is 1. The standard InChI is InChI=1S/C14H18N4S/c1-4-10-7-6-8-11(5-2)12(10)18-9-16-13(15-3)17-14(18)19/h6-9H,4-5H2,1-3H3,(H,15,17,19). The molecule has 0 fully saturated rings. The summed E-state index contributed by atoms with van der Waals surface area (Å²) >= 11 is 5.37. The van der Waals surface area contributed by atoms with E-state index in [4.69, 9.17) is 12.2 Å². The topological polar surface area (TPSA) is 42.7 Å². The Hall–Kier alpha value is -1.75. The number of hydrogen-bond donors (Lipinski definition) is 1. The van der Waals surface area contributed by atoms with Gasteiger partial charge in [-0.25, -0.2) is 4.98 Å². The molecule has 1 aromatic heterocycles. The summed E-state index contributed by atoms with van der Waals surface area (Å²) in [5.74, 6) is 0.549. The molecule has 0 bridgehead atoms. The van der Waals surface area contributed by atoms with Gasteiger partial charge < -0.3 is 5.32 Å². The second kappa shape index (κ2) is 5.93. The number of rotatable bonds is 4. The van der Waals surface area contributed by atoms with Crippen LogP contribution in [0.25, 0.3) is 5.69 Å². The van der Waals surface area contributed by atoms with E-state index in [1.165, 1.54) is 11.1 Å². The summed E-state index contributed by atoms with van der Waals surface area (Å²) in [4.78, 5) is 8.53. The fraction of sp³-hybridized carbons (Fsp3) is 0.357. The molecule has 19 heavy (non-hydrogen) atoms. The molecule has 5 heteroatoms. The number of benzene rings is 1. The minimum absolute atomic E-state index is 0.523. The van der Waals surface area contributed by atoms with Crippen LogP contribution in [-0.2, 0) is 12.8 Å². The Morgan fingerprint density at radius 3 is 2.32 bits per heavy atom. The smallest absolute Gasteiger partial charge is 0.226 e. The SMILES string of the molecule is CCc1cccc(CC)c1-n1cnc(NC)nc1=S. The molecular formula is C14H18N4S. The lowest BCUT2D eigenvalue weighted by Crippen LogP contribution is -2.09. The molecule has 0 atom stereocenters. The molecule has 2 rings (SSSR count). The maximum absolute atomic E-state index is 5.37. The first-order chi connectivity index (χ1) is 9.21. The molecule has 1 N–H and O–H groups in total. The predicted molar refractivity (Wildman–Crippen MR) is 80.5 cm³/mol. The van der Waals surface area contributed by atoms with Crippen LogP contribution in [0, 0.1) is 4.77 Å². The van der Waals surface area contributed by atoms with Crippen molar-refractivity contribution in [2.75, 3.05) is 12.4 Å². The van der Waals surface area contributed by atoms with Crippen molar-refractivity contribution in [2.45, 2.75) is 26.7 Å². The van der Waals surface area contributed by atoms with Crippen molar-refractivity contribution in [1.82, 2.24) is 14.5 Å². The van der Waals surface area contributed by atoms with Crippen LogP contribution in [-0.4, -0.2) is 21.6 Å². The molecule has 0 saturated heterocycles. The van der Waals surface area contributed by atoms with Gasteiger partial charge in [-0.05, 0) is 36.2 Å². The van der Waals surface area contributed by atoms with Gasteiger partial charge in [-0.3, -0.25) is 4.57 Å². The van der Waals surface area contributed by atoms with Gasteiger partial charge >= 0.3 is 0 Å². The molecule has 0 saturated carbocycles. The van der Waals surface area contributed by atoms with Crippen molar-refractivity contribution in [3.63, 3.8) is 0 Å². The summed E-state index contributed by atoms with van der Waals surface area (Å²) in [5.41, 5.74) is 3.65. The van der Waals surface area contributed by atoms with Crippen LogP contribution in [0.1, 0.15) is 25.0 Å². The molecule has 0 radical (unpaired) electrons. The Morgan fingerprint density at radius 2 is 1.84 bits per heavy atom. The van der Waals surface area contributed by atoms with E-state index in [1.54, 1.807) is 13.4 Å². The van der Waals surface area contributed by atoms with E-state index in [0.717, 1.165) is 18.5 Å². The fourth-order valence-corrected chi connectivity index (χ4v) is 2.36. The van der Waals surface area contributed by atoms with Gasteiger partial charge in [0.15, 0.2) is 0 Å². The molecular weight excluding hydrogens is 256 g/mol. The van der Waals surface area contributed by atoms with Crippen LogP contribution in [0.15, 0.2) is 24.5 Å². The summed E-state index contributed by atoms with van der Waals surface area (Å²) < 4.78 is 2.42. The molecule has 2 aromatic rings. The molecule has 1 heterocycles. The summed E-state index contributed by atoms with van der Waals surface area (Å²) in [5, 5.41) is 2.90. The molecule has 1 aromatic carbocycles. The monoisotopic (exact) mass is 274 g/mol. The third-order valence-corrected chi connectivity index (χ3v) is 3.42. The number of anilines is 1. The molecule has 0 aliphatic carbocycles. The molecule has 4 nitrogen and oxygen atoms in total. The highest BCUT2D eigenvalue weighted by Gasteiger charge is 2.09. The van der Waals surface area contributed by atoms with Crippen molar-refractivity contribution in [1.29, 1.82) is 0 Å². The third-order valence-electron chi connectivity index (χ3n) is 3.13. The summed E-state index contributed by atoms with van der Waals surface area (Å²) in [6.07, 6.45) is 3.66. The molecule has 0 aliphatic rings. The van der Waals surface area contributed by atoms with Crippen LogP contribution >= 0.6 is 12.2 Å². The van der Waals surface area contributed by atoms with E-state index in [9.17, 15) is 0 Å². The van der Waals surface area contributed by atoms with E-state index in [1.807, 2.05) is 4.57 Å². The lowest BCUT2D eigenvalue weighted by Gasteiger charge is -2.15. The van der Waals surface area contributed by atoms with Crippen molar-refractivity contribution in [3.05, 3.63) is 40.4 Å². The van der Waals surface area contributed by atoms with E-state index < -0.39 is 0 Å². The summed E-state index contributed by atoms with van der Waals surface area (Å²) in [6.45, 7) is 4.29. The van der Waals surface area contributed by atoms with Gasteiger partial charge in [0.2, 0.25) is 10.7 Å². The van der Waals surface area contributed by atoms with E-state index in [-0.39, 0.29) is 0 Å². The Balaban J connectivity index is 2.67. The maximum atomic E-state index is 5.37. The first kappa shape index (κ1) is 13.7. The first-order valence-corrected chi connectivity index (χ1v) is 6.86. The second-order valence-electron chi connectivity index (χ2n) is 4.21. The summed E-state index contributed by atoms with van der Waals surface area (Å²) in [6, 6.07) is 6.35. The van der Waals surface area contributed by atoms with Gasteiger partial charge in [-0.2, -0.15) is 4.98 Å². The minimum atomic E-state index is 0.523.